The zero-order chi connectivity index (χ0) is 14.2. The predicted molar refractivity (Wildman–Crippen MR) is 73.6 cm³/mol. The molecule has 0 unspecified atom stereocenters. The summed E-state index contributed by atoms with van der Waals surface area (Å²) in [5.41, 5.74) is -0.0676. The number of thiophene rings is 1. The number of carbonyl (C=O) groups is 1. The van der Waals surface area contributed by atoms with Gasteiger partial charge in [-0.25, -0.2) is 4.79 Å². The molecule has 1 N–H and O–H groups in total. The zero-order valence-electron chi connectivity index (χ0n) is 9.78. The molecule has 0 saturated heterocycles. The third-order valence-corrected chi connectivity index (χ3v) is 3.58. The Morgan fingerprint density at radius 1 is 1.20 bits per heavy atom. The van der Waals surface area contributed by atoms with Gasteiger partial charge < -0.3 is 5.11 Å². The Kier molecular flexibility index (Phi) is 5.43. The van der Waals surface area contributed by atoms with E-state index >= 15 is 0 Å². The van der Waals surface area contributed by atoms with Gasteiger partial charge in [-0.05, 0) is 46.5 Å². The van der Waals surface area contributed by atoms with Gasteiger partial charge in [0.1, 0.15) is 0 Å². The van der Waals surface area contributed by atoms with Crippen LogP contribution >= 0.6 is 11.3 Å². The second-order valence-electron chi connectivity index (χ2n) is 4.03. The molecule has 0 radical (unpaired) electrons. The molecule has 0 fully saturated rings. The van der Waals surface area contributed by atoms with E-state index in [0.29, 0.717) is 11.6 Å². The third-order valence-electron chi connectivity index (χ3n) is 2.72. The van der Waals surface area contributed by atoms with Crippen LogP contribution in [0.15, 0.2) is 29.0 Å². The summed E-state index contributed by atoms with van der Waals surface area (Å²) >= 11 is 1.31. The summed E-state index contributed by atoms with van der Waals surface area (Å²) in [6.45, 7) is 1.72. The van der Waals surface area contributed by atoms with Crippen LogP contribution in [0.2, 0.25) is 0 Å². The first-order valence-electron chi connectivity index (χ1n) is 5.28. The van der Waals surface area contributed by atoms with E-state index in [2.05, 4.69) is 0 Å². The molecular weight excluding hydrogens is 300 g/mol. The number of halogens is 3. The van der Waals surface area contributed by atoms with E-state index in [1.807, 2.05) is 0 Å². The van der Waals surface area contributed by atoms with Gasteiger partial charge in [0.2, 0.25) is 0 Å². The van der Waals surface area contributed by atoms with Crippen molar-refractivity contribution in [3.05, 3.63) is 45.6 Å². The van der Waals surface area contributed by atoms with Gasteiger partial charge >= 0.3 is 41.7 Å². The fraction of sp³-hybridized carbons (Fsp3) is 0.154. The molecule has 0 atom stereocenters. The van der Waals surface area contributed by atoms with Crippen LogP contribution in [0.25, 0.3) is 11.1 Å². The molecule has 0 amide bonds. The fourth-order valence-corrected chi connectivity index (χ4v) is 2.63. The summed E-state index contributed by atoms with van der Waals surface area (Å²) in [7, 11) is 0. The monoisotopic (exact) mass is 310 g/mol. The predicted octanol–water partition coefficient (Wildman–Crippen LogP) is 3.79. The van der Waals surface area contributed by atoms with E-state index in [4.69, 9.17) is 5.11 Å². The van der Waals surface area contributed by atoms with E-state index in [1.165, 1.54) is 23.5 Å². The summed E-state index contributed by atoms with van der Waals surface area (Å²) in [6.07, 6.45) is -4.59. The number of carboxylic acid groups (broad SMARTS) is 1. The number of aromatic carboxylic acids is 1. The average molecular weight is 310 g/mol. The van der Waals surface area contributed by atoms with Crippen molar-refractivity contribution in [2.24, 2.45) is 0 Å². The van der Waals surface area contributed by atoms with Crippen LogP contribution in [0.4, 0.5) is 13.2 Å². The van der Waals surface area contributed by atoms with Crippen molar-refractivity contribution < 1.29 is 23.1 Å². The second kappa shape index (κ2) is 6.30. The molecule has 1 heterocycles. The van der Waals surface area contributed by atoms with Gasteiger partial charge in [-0.3, -0.25) is 0 Å². The van der Waals surface area contributed by atoms with Crippen LogP contribution in [-0.4, -0.2) is 40.6 Å². The summed E-state index contributed by atoms with van der Waals surface area (Å²) in [5.74, 6) is -1.38. The molecule has 0 aliphatic heterocycles. The van der Waals surface area contributed by atoms with Crippen molar-refractivity contribution in [2.45, 2.75) is 13.1 Å². The van der Waals surface area contributed by atoms with Crippen LogP contribution in [-0.2, 0) is 6.18 Å². The summed E-state index contributed by atoms with van der Waals surface area (Å²) in [6, 6.07) is 3.07. The van der Waals surface area contributed by atoms with E-state index in [-0.39, 0.29) is 40.7 Å². The minimum absolute atomic E-state index is 0. The molecule has 1 aromatic carbocycles. The maximum atomic E-state index is 13.0. The molecule has 0 spiro atoms. The molecule has 0 saturated carbocycles. The van der Waals surface area contributed by atoms with E-state index in [1.54, 1.807) is 17.7 Å². The van der Waals surface area contributed by atoms with Gasteiger partial charge in [-0.1, -0.05) is 6.07 Å². The number of benzene rings is 1. The number of alkyl halides is 3. The van der Waals surface area contributed by atoms with Crippen molar-refractivity contribution in [2.75, 3.05) is 0 Å². The van der Waals surface area contributed by atoms with Gasteiger partial charge in [0.25, 0.3) is 0 Å². The van der Waals surface area contributed by atoms with Crippen molar-refractivity contribution in [1.29, 1.82) is 0 Å². The summed E-state index contributed by atoms with van der Waals surface area (Å²) in [5, 5.41) is 12.2. The van der Waals surface area contributed by atoms with E-state index in [9.17, 15) is 18.0 Å². The number of rotatable bonds is 2. The third kappa shape index (κ3) is 3.44. The number of hydrogen-bond donors (Lipinski definition) is 1. The van der Waals surface area contributed by atoms with Crippen molar-refractivity contribution in [1.82, 2.24) is 0 Å². The molecule has 102 valence electrons. The van der Waals surface area contributed by atoms with Crippen LogP contribution in [0.5, 0.6) is 0 Å². The fourth-order valence-electron chi connectivity index (χ4n) is 1.78. The van der Waals surface area contributed by atoms with Crippen LogP contribution in [0.3, 0.4) is 0 Å². The van der Waals surface area contributed by atoms with Crippen LogP contribution in [0, 0.1) is 6.92 Å². The van der Waals surface area contributed by atoms with Crippen LogP contribution < -0.4 is 0 Å². The van der Waals surface area contributed by atoms with Gasteiger partial charge in [0.15, 0.2) is 0 Å². The Morgan fingerprint density at radius 3 is 2.30 bits per heavy atom. The Labute approximate surface area is 139 Å². The first-order valence-corrected chi connectivity index (χ1v) is 6.22. The van der Waals surface area contributed by atoms with E-state index in [0.717, 1.165) is 5.56 Å². The first kappa shape index (κ1) is 17.2. The van der Waals surface area contributed by atoms with Gasteiger partial charge in [-0.15, -0.1) is 0 Å². The quantitative estimate of drug-likeness (QED) is 0.857. The Hall–Kier alpha value is -0.820. The molecule has 2 rings (SSSR count). The number of hydrogen-bond acceptors (Lipinski definition) is 2. The molecular formula is C13H10F3NaO2S. The minimum atomic E-state index is -4.59. The average Bonchev–Trinajstić information content (AvgIpc) is 2.73. The molecule has 2 aromatic rings. The number of aryl methyl sites for hydroxylation is 1. The number of carboxylic acids is 1. The molecule has 0 aliphatic rings. The van der Waals surface area contributed by atoms with E-state index < -0.39 is 17.7 Å². The summed E-state index contributed by atoms with van der Waals surface area (Å²) < 4.78 is 39.1. The molecule has 2 nitrogen and oxygen atoms in total. The molecule has 7 heteroatoms. The summed E-state index contributed by atoms with van der Waals surface area (Å²) in [4.78, 5) is 10.8. The van der Waals surface area contributed by atoms with Crippen molar-refractivity contribution >= 4 is 46.9 Å². The maximum absolute atomic E-state index is 13.0. The topological polar surface area (TPSA) is 37.3 Å². The second-order valence-corrected chi connectivity index (χ2v) is 4.78. The Morgan fingerprint density at radius 2 is 1.85 bits per heavy atom. The SMILES string of the molecule is Cc1cscc1-c1ccc(C(=O)O)cc1C(F)(F)F.[NaH]. The first-order chi connectivity index (χ1) is 8.80. The molecule has 20 heavy (non-hydrogen) atoms. The Balaban J connectivity index is 0.00000200. The van der Waals surface area contributed by atoms with Crippen LogP contribution in [0.1, 0.15) is 21.5 Å². The van der Waals surface area contributed by atoms with Crippen molar-refractivity contribution in [3.63, 3.8) is 0 Å². The standard InChI is InChI=1S/C13H9F3O2S.Na.H/c1-7-5-19-6-10(7)9-3-2-8(12(17)18)4-11(9)13(14,15)16;;/h2-6H,1H3,(H,17,18);;. The normalized spacial score (nSPS) is 11.0. The van der Waals surface area contributed by atoms with Gasteiger partial charge in [0, 0.05) is 0 Å². The van der Waals surface area contributed by atoms with Gasteiger partial charge in [-0.2, -0.15) is 24.5 Å². The Bertz CT molecular complexity index is 635. The molecule has 1 aromatic heterocycles. The van der Waals surface area contributed by atoms with Gasteiger partial charge in [0.05, 0.1) is 11.1 Å². The molecule has 0 bridgehead atoms. The zero-order valence-corrected chi connectivity index (χ0v) is 10.6. The van der Waals surface area contributed by atoms with Crippen molar-refractivity contribution in [3.8, 4) is 11.1 Å². The molecule has 0 aliphatic carbocycles.